The first-order valence-electron chi connectivity index (χ1n) is 9.16. The summed E-state index contributed by atoms with van der Waals surface area (Å²) in [5, 5.41) is 9.94. The molecular formula is C26H18N. The summed E-state index contributed by atoms with van der Waals surface area (Å²) in [6.07, 6.45) is 0. The second-order valence-electron chi connectivity index (χ2n) is 6.69. The van der Waals surface area contributed by atoms with Crippen molar-refractivity contribution in [2.24, 2.45) is 0 Å². The Hall–Kier alpha value is -3.58. The average molecular weight is 344 g/mol. The maximum Gasteiger partial charge on any atom is 0.0715 e. The van der Waals surface area contributed by atoms with Crippen LogP contribution in [0.2, 0.25) is 0 Å². The molecule has 0 saturated heterocycles. The van der Waals surface area contributed by atoms with Crippen molar-refractivity contribution in [3.63, 3.8) is 0 Å². The number of para-hydroxylation sites is 1. The van der Waals surface area contributed by atoms with Gasteiger partial charge in [-0.05, 0) is 46.0 Å². The van der Waals surface area contributed by atoms with Gasteiger partial charge in [0, 0.05) is 10.9 Å². The van der Waals surface area contributed by atoms with Crippen molar-refractivity contribution in [2.45, 2.75) is 0 Å². The number of hydrogen-bond acceptors (Lipinski definition) is 0. The third kappa shape index (κ3) is 2.94. The van der Waals surface area contributed by atoms with Crippen molar-refractivity contribution >= 4 is 32.9 Å². The zero-order valence-electron chi connectivity index (χ0n) is 14.8. The Kier molecular flexibility index (Phi) is 3.84. The van der Waals surface area contributed by atoms with E-state index in [2.05, 4.69) is 97.1 Å². The number of rotatable bonds is 3. The van der Waals surface area contributed by atoms with Crippen molar-refractivity contribution in [3.8, 4) is 11.1 Å². The fourth-order valence-electron chi connectivity index (χ4n) is 3.61. The van der Waals surface area contributed by atoms with Gasteiger partial charge in [-0.15, -0.1) is 0 Å². The van der Waals surface area contributed by atoms with Gasteiger partial charge in [0.25, 0.3) is 0 Å². The lowest BCUT2D eigenvalue weighted by Gasteiger charge is -2.12. The molecule has 0 atom stereocenters. The van der Waals surface area contributed by atoms with Crippen LogP contribution in [0.5, 0.6) is 0 Å². The first kappa shape index (κ1) is 15.7. The zero-order chi connectivity index (χ0) is 18.1. The van der Waals surface area contributed by atoms with E-state index in [9.17, 15) is 0 Å². The molecule has 27 heavy (non-hydrogen) atoms. The summed E-state index contributed by atoms with van der Waals surface area (Å²) in [6, 6.07) is 38.1. The summed E-state index contributed by atoms with van der Waals surface area (Å²) in [7, 11) is 0. The van der Waals surface area contributed by atoms with Crippen LogP contribution >= 0.6 is 0 Å². The van der Waals surface area contributed by atoms with E-state index in [0.29, 0.717) is 0 Å². The molecule has 0 saturated carbocycles. The monoisotopic (exact) mass is 344 g/mol. The second-order valence-corrected chi connectivity index (χ2v) is 6.69. The first-order valence-corrected chi connectivity index (χ1v) is 9.16. The van der Waals surface area contributed by atoms with E-state index in [-0.39, 0.29) is 0 Å². The van der Waals surface area contributed by atoms with Gasteiger partial charge in [0.15, 0.2) is 0 Å². The number of fused-ring (bicyclic) bond motifs is 2. The van der Waals surface area contributed by atoms with Crippen LogP contribution in [-0.4, -0.2) is 0 Å². The molecule has 0 heterocycles. The lowest BCUT2D eigenvalue weighted by molar-refractivity contribution is 1.20. The fourth-order valence-corrected chi connectivity index (χ4v) is 3.61. The van der Waals surface area contributed by atoms with Gasteiger partial charge in [-0.1, -0.05) is 84.9 Å². The van der Waals surface area contributed by atoms with Crippen LogP contribution in [0.4, 0.5) is 11.4 Å². The molecule has 0 aliphatic heterocycles. The van der Waals surface area contributed by atoms with E-state index < -0.39 is 0 Å². The Bertz CT molecular complexity index is 1240. The lowest BCUT2D eigenvalue weighted by atomic mass is 10.0. The van der Waals surface area contributed by atoms with Crippen LogP contribution in [0, 0.1) is 0 Å². The molecule has 0 aromatic heterocycles. The molecule has 0 amide bonds. The average Bonchev–Trinajstić information content (AvgIpc) is 2.74. The molecule has 0 unspecified atom stereocenters. The van der Waals surface area contributed by atoms with Crippen LogP contribution < -0.4 is 5.32 Å². The smallest absolute Gasteiger partial charge is 0.0715 e. The minimum Gasteiger partial charge on any atom is -0.248 e. The molecule has 1 heteroatoms. The molecule has 5 aromatic carbocycles. The molecule has 0 aliphatic carbocycles. The van der Waals surface area contributed by atoms with Crippen LogP contribution in [0.15, 0.2) is 109 Å². The maximum absolute atomic E-state index is 5.05. The van der Waals surface area contributed by atoms with Crippen molar-refractivity contribution in [1.82, 2.24) is 5.32 Å². The molecule has 0 aliphatic rings. The summed E-state index contributed by atoms with van der Waals surface area (Å²) < 4.78 is 0. The molecule has 0 bridgehead atoms. The van der Waals surface area contributed by atoms with Gasteiger partial charge in [0.2, 0.25) is 0 Å². The van der Waals surface area contributed by atoms with Crippen molar-refractivity contribution in [1.29, 1.82) is 0 Å². The second kappa shape index (κ2) is 6.62. The van der Waals surface area contributed by atoms with E-state index >= 15 is 0 Å². The minimum atomic E-state index is 0.990. The SMILES string of the molecule is c1ccc(-c2ccccc2[N]c2cccc3cc4ccccc4cc23)cc1. The van der Waals surface area contributed by atoms with E-state index in [4.69, 9.17) is 5.32 Å². The van der Waals surface area contributed by atoms with Gasteiger partial charge in [-0.2, -0.15) is 0 Å². The maximum atomic E-state index is 5.05. The minimum absolute atomic E-state index is 0.990. The molecule has 5 aromatic rings. The summed E-state index contributed by atoms with van der Waals surface area (Å²) in [6.45, 7) is 0. The van der Waals surface area contributed by atoms with Gasteiger partial charge in [0.1, 0.15) is 0 Å². The summed E-state index contributed by atoms with van der Waals surface area (Å²) in [5.74, 6) is 0. The number of nitrogens with zero attached hydrogens (tertiary/aromatic N) is 1. The third-order valence-electron chi connectivity index (χ3n) is 4.95. The topological polar surface area (TPSA) is 14.1 Å². The van der Waals surface area contributed by atoms with E-state index in [1.165, 1.54) is 27.1 Å². The zero-order valence-corrected chi connectivity index (χ0v) is 14.8. The highest BCUT2D eigenvalue weighted by Crippen LogP contribution is 2.34. The predicted octanol–water partition coefficient (Wildman–Crippen LogP) is 7.23. The Balaban J connectivity index is 1.65. The van der Waals surface area contributed by atoms with Gasteiger partial charge < -0.3 is 0 Å². The standard InChI is InChI=1S/C26H18N/c1-2-9-19(10-3-1)23-14-6-7-15-25(23)27-26-16-8-13-22-17-20-11-4-5-12-21(20)18-24(22)26/h1-18H. The quantitative estimate of drug-likeness (QED) is 0.307. The highest BCUT2D eigenvalue weighted by Gasteiger charge is 2.09. The first-order chi connectivity index (χ1) is 13.4. The largest absolute Gasteiger partial charge is 0.248 e. The van der Waals surface area contributed by atoms with Crippen molar-refractivity contribution in [3.05, 3.63) is 109 Å². The van der Waals surface area contributed by atoms with Crippen LogP contribution in [0.25, 0.3) is 32.7 Å². The van der Waals surface area contributed by atoms with Gasteiger partial charge >= 0.3 is 0 Å². The third-order valence-corrected chi connectivity index (χ3v) is 4.95. The van der Waals surface area contributed by atoms with Gasteiger partial charge in [0.05, 0.1) is 11.4 Å². The molecule has 127 valence electrons. The van der Waals surface area contributed by atoms with Crippen LogP contribution in [0.1, 0.15) is 0 Å². The Morgan fingerprint density at radius 1 is 0.444 bits per heavy atom. The Morgan fingerprint density at radius 3 is 1.93 bits per heavy atom. The molecule has 1 radical (unpaired) electrons. The number of benzene rings is 5. The predicted molar refractivity (Wildman–Crippen MR) is 115 cm³/mol. The van der Waals surface area contributed by atoms with Gasteiger partial charge in [-0.25, -0.2) is 5.32 Å². The highest BCUT2D eigenvalue weighted by atomic mass is 14.9. The van der Waals surface area contributed by atoms with E-state index in [1.54, 1.807) is 0 Å². The molecular weight excluding hydrogens is 326 g/mol. The molecule has 5 rings (SSSR count). The molecule has 0 N–H and O–H groups in total. The van der Waals surface area contributed by atoms with Crippen molar-refractivity contribution < 1.29 is 0 Å². The van der Waals surface area contributed by atoms with E-state index in [1.807, 2.05) is 12.1 Å². The normalized spacial score (nSPS) is 11.0. The van der Waals surface area contributed by atoms with Crippen molar-refractivity contribution in [2.75, 3.05) is 0 Å². The molecule has 0 fully saturated rings. The molecule has 0 spiro atoms. The van der Waals surface area contributed by atoms with E-state index in [0.717, 1.165) is 16.9 Å². The summed E-state index contributed by atoms with van der Waals surface area (Å²) >= 11 is 0. The lowest BCUT2D eigenvalue weighted by Crippen LogP contribution is -1.93. The molecule has 1 nitrogen and oxygen atoms in total. The van der Waals surface area contributed by atoms with Crippen LogP contribution in [-0.2, 0) is 0 Å². The highest BCUT2D eigenvalue weighted by molar-refractivity contribution is 6.03. The van der Waals surface area contributed by atoms with Crippen LogP contribution in [0.3, 0.4) is 0 Å². The Labute approximate surface area is 158 Å². The summed E-state index contributed by atoms with van der Waals surface area (Å²) in [5.41, 5.74) is 4.32. The van der Waals surface area contributed by atoms with Gasteiger partial charge in [-0.3, -0.25) is 0 Å². The fraction of sp³-hybridized carbons (Fsp3) is 0. The Morgan fingerprint density at radius 2 is 1.07 bits per heavy atom. The number of hydrogen-bond donors (Lipinski definition) is 0. The summed E-state index contributed by atoms with van der Waals surface area (Å²) in [4.78, 5) is 0.